The Labute approximate surface area is 91.0 Å². The Kier molecular flexibility index (Phi) is 2.70. The molecule has 2 aromatic rings. The van der Waals surface area contributed by atoms with Gasteiger partial charge in [0.25, 0.3) is 0 Å². The van der Waals surface area contributed by atoms with E-state index in [0.29, 0.717) is 22.6 Å². The van der Waals surface area contributed by atoms with Crippen LogP contribution in [0.15, 0.2) is 22.6 Å². The van der Waals surface area contributed by atoms with Crippen LogP contribution in [0.5, 0.6) is 0 Å². The highest BCUT2D eigenvalue weighted by atomic mass is 35.5. The van der Waals surface area contributed by atoms with Gasteiger partial charge in [-0.25, -0.2) is 4.98 Å². The number of carbonyl (C=O) groups is 1. The number of halogens is 1. The summed E-state index contributed by atoms with van der Waals surface area (Å²) in [7, 11) is 0. The maximum Gasteiger partial charge on any atom is 0.209 e. The molecule has 2 rings (SSSR count). The third kappa shape index (κ3) is 1.86. The number of fused-ring (bicyclic) bond motifs is 1. The molecule has 0 saturated carbocycles. The van der Waals surface area contributed by atoms with Crippen LogP contribution in [-0.2, 0) is 6.54 Å². The largest absolute Gasteiger partial charge is 0.439 e. The Bertz CT molecular complexity index is 507. The summed E-state index contributed by atoms with van der Waals surface area (Å²) in [5.41, 5.74) is 7.19. The van der Waals surface area contributed by atoms with Crippen LogP contribution in [-0.4, -0.2) is 16.6 Å². The molecule has 0 atom stereocenters. The van der Waals surface area contributed by atoms with Gasteiger partial charge in [0.1, 0.15) is 5.52 Å². The highest BCUT2D eigenvalue weighted by Gasteiger charge is 2.08. The number of aromatic nitrogens is 1. The first-order valence-corrected chi connectivity index (χ1v) is 4.96. The molecule has 1 heterocycles. The topological polar surface area (TPSA) is 69.1 Å². The van der Waals surface area contributed by atoms with Crippen LogP contribution >= 0.6 is 11.6 Å². The summed E-state index contributed by atoms with van der Waals surface area (Å²) in [4.78, 5) is 15.4. The number of nitrogens with zero attached hydrogens (tertiary/aromatic N) is 1. The van der Waals surface area contributed by atoms with Crippen molar-refractivity contribution in [2.24, 2.45) is 5.73 Å². The van der Waals surface area contributed by atoms with E-state index in [4.69, 9.17) is 21.8 Å². The van der Waals surface area contributed by atoms with Crippen LogP contribution in [0.1, 0.15) is 16.2 Å². The molecule has 1 aromatic carbocycles. The zero-order chi connectivity index (χ0) is 10.8. The maximum absolute atomic E-state index is 11.3. The van der Waals surface area contributed by atoms with E-state index in [1.807, 2.05) is 0 Å². The number of hydrogen-bond donors (Lipinski definition) is 1. The van der Waals surface area contributed by atoms with Crippen LogP contribution in [0, 0.1) is 0 Å². The second-order valence-corrected chi connectivity index (χ2v) is 3.32. The molecule has 0 aliphatic carbocycles. The van der Waals surface area contributed by atoms with Gasteiger partial charge in [-0.2, -0.15) is 0 Å². The van der Waals surface area contributed by atoms with Crippen LogP contribution in [0.3, 0.4) is 0 Å². The third-order valence-electron chi connectivity index (χ3n) is 2.05. The van der Waals surface area contributed by atoms with E-state index in [0.717, 1.165) is 0 Å². The van der Waals surface area contributed by atoms with E-state index < -0.39 is 0 Å². The summed E-state index contributed by atoms with van der Waals surface area (Å²) < 4.78 is 5.31. The fraction of sp³-hybridized carbons (Fsp3) is 0.200. The summed E-state index contributed by atoms with van der Waals surface area (Å²) in [5, 5.41) is 0. The molecule has 0 saturated heterocycles. The minimum Gasteiger partial charge on any atom is -0.439 e. The average molecular weight is 225 g/mol. The Morgan fingerprint density at radius 1 is 1.53 bits per heavy atom. The standard InChI is InChI=1S/C10H9ClN2O2/c11-4-8(14)6-1-2-9-7(3-6)13-10(5-12)15-9/h1-3H,4-5,12H2. The van der Waals surface area contributed by atoms with Crippen LogP contribution in [0.4, 0.5) is 0 Å². The predicted octanol–water partition coefficient (Wildman–Crippen LogP) is 1.71. The van der Waals surface area contributed by atoms with E-state index in [1.54, 1.807) is 18.2 Å². The lowest BCUT2D eigenvalue weighted by molar-refractivity contribution is 0.102. The quantitative estimate of drug-likeness (QED) is 0.637. The van der Waals surface area contributed by atoms with E-state index >= 15 is 0 Å². The number of rotatable bonds is 3. The van der Waals surface area contributed by atoms with Crippen molar-refractivity contribution < 1.29 is 9.21 Å². The summed E-state index contributed by atoms with van der Waals surface area (Å²) >= 11 is 5.46. The molecule has 0 unspecified atom stereocenters. The number of carbonyl (C=O) groups excluding carboxylic acids is 1. The monoisotopic (exact) mass is 224 g/mol. The minimum absolute atomic E-state index is 0.0346. The average Bonchev–Trinajstić information content (AvgIpc) is 2.69. The molecule has 0 radical (unpaired) electrons. The van der Waals surface area contributed by atoms with Crippen LogP contribution in [0.25, 0.3) is 11.1 Å². The zero-order valence-electron chi connectivity index (χ0n) is 7.87. The van der Waals surface area contributed by atoms with E-state index in [-0.39, 0.29) is 18.2 Å². The van der Waals surface area contributed by atoms with Crippen molar-refractivity contribution >= 4 is 28.5 Å². The molecular formula is C10H9ClN2O2. The van der Waals surface area contributed by atoms with Gasteiger partial charge in [0, 0.05) is 5.56 Å². The number of alkyl halides is 1. The highest BCUT2D eigenvalue weighted by Crippen LogP contribution is 2.17. The number of ketones is 1. The lowest BCUT2D eigenvalue weighted by Gasteiger charge is -1.94. The number of Topliss-reactive ketones (excluding diaryl/α,β-unsaturated/α-hetero) is 1. The molecule has 0 fully saturated rings. The molecule has 1 aromatic heterocycles. The Morgan fingerprint density at radius 3 is 3.00 bits per heavy atom. The second-order valence-electron chi connectivity index (χ2n) is 3.05. The van der Waals surface area contributed by atoms with Gasteiger partial charge in [-0.3, -0.25) is 4.79 Å². The zero-order valence-corrected chi connectivity index (χ0v) is 8.62. The van der Waals surface area contributed by atoms with Crippen LogP contribution < -0.4 is 5.73 Å². The first-order valence-electron chi connectivity index (χ1n) is 4.43. The fourth-order valence-corrected chi connectivity index (χ4v) is 1.47. The van der Waals surface area contributed by atoms with Crippen LogP contribution in [0.2, 0.25) is 0 Å². The summed E-state index contributed by atoms with van der Waals surface area (Å²) in [6, 6.07) is 5.02. The van der Waals surface area contributed by atoms with Gasteiger partial charge in [0.2, 0.25) is 5.89 Å². The molecule has 0 aliphatic rings. The normalized spacial score (nSPS) is 10.8. The lowest BCUT2D eigenvalue weighted by atomic mass is 10.1. The van der Waals surface area contributed by atoms with Crippen molar-refractivity contribution in [1.29, 1.82) is 0 Å². The van der Waals surface area contributed by atoms with E-state index in [1.165, 1.54) is 0 Å². The van der Waals surface area contributed by atoms with Crippen molar-refractivity contribution in [3.63, 3.8) is 0 Å². The van der Waals surface area contributed by atoms with E-state index in [2.05, 4.69) is 4.98 Å². The molecule has 0 amide bonds. The second kappa shape index (κ2) is 4.00. The van der Waals surface area contributed by atoms with Gasteiger partial charge >= 0.3 is 0 Å². The molecule has 0 spiro atoms. The number of hydrogen-bond acceptors (Lipinski definition) is 4. The Morgan fingerprint density at radius 2 is 2.33 bits per heavy atom. The van der Waals surface area contributed by atoms with Gasteiger partial charge in [0.05, 0.1) is 12.4 Å². The first-order chi connectivity index (χ1) is 7.24. The van der Waals surface area contributed by atoms with Gasteiger partial charge in [-0.15, -0.1) is 11.6 Å². The van der Waals surface area contributed by atoms with Gasteiger partial charge in [-0.05, 0) is 18.2 Å². The molecule has 0 bridgehead atoms. The molecule has 15 heavy (non-hydrogen) atoms. The van der Waals surface area contributed by atoms with Crippen molar-refractivity contribution in [2.75, 3.05) is 5.88 Å². The molecule has 2 N–H and O–H groups in total. The molecule has 4 nitrogen and oxygen atoms in total. The maximum atomic E-state index is 11.3. The van der Waals surface area contributed by atoms with Gasteiger partial charge < -0.3 is 10.2 Å². The third-order valence-corrected chi connectivity index (χ3v) is 2.29. The van der Waals surface area contributed by atoms with E-state index in [9.17, 15) is 4.79 Å². The Balaban J connectivity index is 2.50. The van der Waals surface area contributed by atoms with Crippen molar-refractivity contribution in [3.8, 4) is 0 Å². The predicted molar refractivity (Wildman–Crippen MR) is 57.0 cm³/mol. The fourth-order valence-electron chi connectivity index (χ4n) is 1.31. The smallest absolute Gasteiger partial charge is 0.209 e. The summed E-state index contributed by atoms with van der Waals surface area (Å²) in [6.45, 7) is 0.244. The van der Waals surface area contributed by atoms with Gasteiger partial charge in [0.15, 0.2) is 11.4 Å². The summed E-state index contributed by atoms with van der Waals surface area (Å²) in [5.74, 6) is 0.295. The Hall–Kier alpha value is -1.39. The summed E-state index contributed by atoms with van der Waals surface area (Å²) in [6.07, 6.45) is 0. The molecule has 0 aliphatic heterocycles. The highest BCUT2D eigenvalue weighted by molar-refractivity contribution is 6.30. The van der Waals surface area contributed by atoms with Crippen molar-refractivity contribution in [2.45, 2.75) is 6.54 Å². The van der Waals surface area contributed by atoms with Gasteiger partial charge in [-0.1, -0.05) is 0 Å². The van der Waals surface area contributed by atoms with Crippen molar-refractivity contribution in [1.82, 2.24) is 4.98 Å². The van der Waals surface area contributed by atoms with Crippen molar-refractivity contribution in [3.05, 3.63) is 29.7 Å². The number of benzene rings is 1. The molecule has 78 valence electrons. The molecule has 5 heteroatoms. The first kappa shape index (κ1) is 10.1. The lowest BCUT2D eigenvalue weighted by Crippen LogP contribution is -1.99. The molecular weight excluding hydrogens is 216 g/mol. The minimum atomic E-state index is -0.129. The number of nitrogens with two attached hydrogens (primary N) is 1. The SMILES string of the molecule is NCc1nc2cc(C(=O)CCl)ccc2o1. The number of oxazole rings is 1.